The number of halogens is 1. The van der Waals surface area contributed by atoms with Gasteiger partial charge in [0, 0.05) is 32.4 Å². The van der Waals surface area contributed by atoms with Gasteiger partial charge in [-0.3, -0.25) is 4.68 Å². The summed E-state index contributed by atoms with van der Waals surface area (Å²) in [6.07, 6.45) is 2.55. The highest BCUT2D eigenvalue weighted by molar-refractivity contribution is 9.10. The van der Waals surface area contributed by atoms with E-state index in [9.17, 15) is 8.42 Å². The van der Waals surface area contributed by atoms with Crippen molar-refractivity contribution in [1.82, 2.24) is 29.5 Å². The molecular weight excluding hydrogens is 348 g/mol. The Kier molecular flexibility index (Phi) is 4.25. The molecule has 0 radical (unpaired) electrons. The second-order valence-electron chi connectivity index (χ2n) is 4.26. The summed E-state index contributed by atoms with van der Waals surface area (Å²) < 4.78 is 30.1. The Morgan fingerprint density at radius 1 is 1.40 bits per heavy atom. The predicted molar refractivity (Wildman–Crippen MR) is 75.3 cm³/mol. The van der Waals surface area contributed by atoms with Crippen LogP contribution in [0.1, 0.15) is 18.2 Å². The first kappa shape index (κ1) is 15.1. The number of hydrogen-bond donors (Lipinski definition) is 1. The van der Waals surface area contributed by atoms with Crippen molar-refractivity contribution in [3.8, 4) is 0 Å². The molecule has 1 N–H and O–H groups in total. The molecule has 0 aromatic carbocycles. The van der Waals surface area contributed by atoms with Crippen molar-refractivity contribution >= 4 is 26.0 Å². The van der Waals surface area contributed by atoms with Gasteiger partial charge in [-0.25, -0.2) is 17.8 Å². The summed E-state index contributed by atoms with van der Waals surface area (Å²) >= 11 is 3.08. The molecule has 110 valence electrons. The fraction of sp³-hybridized carbons (Fsp3) is 0.500. The lowest BCUT2D eigenvalue weighted by Gasteiger charge is -2.06. The van der Waals surface area contributed by atoms with E-state index < -0.39 is 10.0 Å². The number of rotatable bonds is 5. The summed E-state index contributed by atoms with van der Waals surface area (Å²) in [7, 11) is -0.362. The van der Waals surface area contributed by atoms with Crippen LogP contribution in [-0.2, 0) is 37.1 Å². The number of nitrogens with one attached hydrogen (secondary N) is 1. The Balaban J connectivity index is 2.22. The smallest absolute Gasteiger partial charge is 0.260 e. The molecule has 2 aromatic heterocycles. The maximum atomic E-state index is 12.2. The zero-order valence-corrected chi connectivity index (χ0v) is 13.7. The Morgan fingerprint density at radius 2 is 2.10 bits per heavy atom. The van der Waals surface area contributed by atoms with Crippen LogP contribution < -0.4 is 4.72 Å². The van der Waals surface area contributed by atoms with Crippen LogP contribution in [0.2, 0.25) is 0 Å². The van der Waals surface area contributed by atoms with Gasteiger partial charge in [-0.2, -0.15) is 5.10 Å². The van der Waals surface area contributed by atoms with Crippen LogP contribution in [-0.4, -0.2) is 33.2 Å². The van der Waals surface area contributed by atoms with Crippen molar-refractivity contribution in [2.75, 3.05) is 0 Å². The van der Waals surface area contributed by atoms with E-state index in [-0.39, 0.29) is 16.2 Å². The van der Waals surface area contributed by atoms with E-state index in [1.807, 2.05) is 6.92 Å². The molecule has 0 fully saturated rings. The molecule has 10 heteroatoms. The average molecular weight is 363 g/mol. The van der Waals surface area contributed by atoms with E-state index in [2.05, 4.69) is 36.1 Å². The summed E-state index contributed by atoms with van der Waals surface area (Å²) in [5, 5.41) is 11.6. The quantitative estimate of drug-likeness (QED) is 0.827. The van der Waals surface area contributed by atoms with Gasteiger partial charge in [-0.15, -0.1) is 5.10 Å². The first-order chi connectivity index (χ1) is 9.35. The molecule has 2 aromatic rings. The Bertz CT molecular complexity index is 701. The van der Waals surface area contributed by atoms with Gasteiger partial charge in [0.15, 0.2) is 4.60 Å². The van der Waals surface area contributed by atoms with Crippen LogP contribution in [0.15, 0.2) is 15.8 Å². The molecule has 0 spiro atoms. The van der Waals surface area contributed by atoms with Gasteiger partial charge in [0.1, 0.15) is 0 Å². The monoisotopic (exact) mass is 362 g/mol. The fourth-order valence-corrected chi connectivity index (χ4v) is 3.97. The van der Waals surface area contributed by atoms with Crippen molar-refractivity contribution in [2.45, 2.75) is 24.9 Å². The van der Waals surface area contributed by atoms with Gasteiger partial charge in [0.25, 0.3) is 10.0 Å². The van der Waals surface area contributed by atoms with E-state index in [1.165, 1.54) is 11.7 Å². The molecule has 0 aliphatic rings. The molecule has 0 atom stereocenters. The number of hydrogen-bond acceptors (Lipinski definition) is 5. The second kappa shape index (κ2) is 5.62. The number of nitrogens with zero attached hydrogens (tertiary/aromatic N) is 5. The van der Waals surface area contributed by atoms with Gasteiger partial charge in [0.2, 0.25) is 5.03 Å². The summed E-state index contributed by atoms with van der Waals surface area (Å²) in [6, 6.07) is 0. The third-order valence-electron chi connectivity index (χ3n) is 2.77. The fourth-order valence-electron chi connectivity index (χ4n) is 1.88. The largest absolute Gasteiger partial charge is 0.275 e. The van der Waals surface area contributed by atoms with E-state index >= 15 is 0 Å². The molecule has 0 saturated carbocycles. The lowest BCUT2D eigenvalue weighted by Crippen LogP contribution is -2.26. The second-order valence-corrected chi connectivity index (χ2v) is 6.70. The molecule has 0 aliphatic carbocycles. The first-order valence-electron chi connectivity index (χ1n) is 5.91. The van der Waals surface area contributed by atoms with Crippen molar-refractivity contribution in [1.29, 1.82) is 0 Å². The van der Waals surface area contributed by atoms with Gasteiger partial charge < -0.3 is 0 Å². The SMILES string of the molecule is CCc1nn(C)cc1CNS(=O)(=O)c1c(Br)nnn1C. The first-order valence-corrected chi connectivity index (χ1v) is 8.19. The van der Waals surface area contributed by atoms with Crippen LogP contribution in [0.5, 0.6) is 0 Å². The summed E-state index contributed by atoms with van der Waals surface area (Å²) in [5.74, 6) is 0. The normalized spacial score (nSPS) is 12.0. The molecule has 0 aliphatic heterocycles. The van der Waals surface area contributed by atoms with E-state index in [0.717, 1.165) is 17.7 Å². The number of sulfonamides is 1. The third kappa shape index (κ3) is 2.91. The molecule has 20 heavy (non-hydrogen) atoms. The van der Waals surface area contributed by atoms with Crippen LogP contribution in [0.4, 0.5) is 0 Å². The van der Waals surface area contributed by atoms with Gasteiger partial charge in [-0.1, -0.05) is 12.1 Å². The average Bonchev–Trinajstić information content (AvgIpc) is 2.90. The van der Waals surface area contributed by atoms with E-state index in [4.69, 9.17) is 0 Å². The molecule has 8 nitrogen and oxygen atoms in total. The third-order valence-corrected chi connectivity index (χ3v) is 5.06. The Labute approximate surface area is 125 Å². The molecule has 2 rings (SSSR count). The minimum Gasteiger partial charge on any atom is -0.275 e. The van der Waals surface area contributed by atoms with Crippen molar-refractivity contribution in [2.24, 2.45) is 14.1 Å². The lowest BCUT2D eigenvalue weighted by atomic mass is 10.2. The summed E-state index contributed by atoms with van der Waals surface area (Å²) in [4.78, 5) is 0. The van der Waals surface area contributed by atoms with E-state index in [0.29, 0.717) is 0 Å². The van der Waals surface area contributed by atoms with Gasteiger partial charge >= 0.3 is 0 Å². The Hall–Kier alpha value is -1.26. The Morgan fingerprint density at radius 3 is 2.65 bits per heavy atom. The summed E-state index contributed by atoms with van der Waals surface area (Å²) in [5.41, 5.74) is 1.72. The zero-order valence-electron chi connectivity index (χ0n) is 11.3. The molecule has 0 amide bonds. The van der Waals surface area contributed by atoms with Crippen LogP contribution in [0.25, 0.3) is 0 Å². The van der Waals surface area contributed by atoms with Crippen molar-refractivity contribution in [3.63, 3.8) is 0 Å². The maximum absolute atomic E-state index is 12.2. The topological polar surface area (TPSA) is 94.7 Å². The lowest BCUT2D eigenvalue weighted by molar-refractivity contribution is 0.560. The highest BCUT2D eigenvalue weighted by Gasteiger charge is 2.24. The maximum Gasteiger partial charge on any atom is 0.260 e. The molecule has 0 saturated heterocycles. The van der Waals surface area contributed by atoms with Crippen LogP contribution in [0, 0.1) is 0 Å². The van der Waals surface area contributed by atoms with Crippen molar-refractivity contribution in [3.05, 3.63) is 22.1 Å². The molecule has 0 unspecified atom stereocenters. The molecule has 2 heterocycles. The molecule has 0 bridgehead atoms. The summed E-state index contributed by atoms with van der Waals surface area (Å²) in [6.45, 7) is 2.15. The minimum absolute atomic E-state index is 0.000520. The predicted octanol–water partition coefficient (Wildman–Crippen LogP) is 0.352. The standard InChI is InChI=1S/C10H15BrN6O2S/c1-4-8-7(6-16(2)14-8)5-12-20(18,19)10-9(11)13-15-17(10)3/h6,12H,4-5H2,1-3H3. The number of aromatic nitrogens is 5. The minimum atomic E-state index is -3.69. The van der Waals surface area contributed by atoms with E-state index in [1.54, 1.807) is 17.9 Å². The zero-order chi connectivity index (χ0) is 14.9. The van der Waals surface area contributed by atoms with Crippen LogP contribution >= 0.6 is 15.9 Å². The highest BCUT2D eigenvalue weighted by Crippen LogP contribution is 2.18. The van der Waals surface area contributed by atoms with Gasteiger partial charge in [-0.05, 0) is 22.4 Å². The number of aryl methyl sites for hydroxylation is 3. The highest BCUT2D eigenvalue weighted by atomic mass is 79.9. The molecular formula is C10H15BrN6O2S. The van der Waals surface area contributed by atoms with Crippen molar-refractivity contribution < 1.29 is 8.42 Å². The van der Waals surface area contributed by atoms with Gasteiger partial charge in [0.05, 0.1) is 5.69 Å². The van der Waals surface area contributed by atoms with Crippen LogP contribution in [0.3, 0.4) is 0 Å².